The number of rotatable bonds is 6. The molecule has 3 aromatic rings. The third-order valence-electron chi connectivity index (χ3n) is 5.91. The number of aromatic nitrogens is 1. The molecule has 3 heterocycles. The van der Waals surface area contributed by atoms with Crippen molar-refractivity contribution in [2.45, 2.75) is 25.4 Å². The second-order valence-electron chi connectivity index (χ2n) is 7.86. The van der Waals surface area contributed by atoms with Crippen LogP contribution in [0.2, 0.25) is 0 Å². The molecule has 172 valence electrons. The highest BCUT2D eigenvalue weighted by molar-refractivity contribution is 7.15. The van der Waals surface area contributed by atoms with E-state index in [1.807, 2.05) is 67.1 Å². The summed E-state index contributed by atoms with van der Waals surface area (Å²) in [6, 6.07) is 12.9. The van der Waals surface area contributed by atoms with Gasteiger partial charge in [-0.2, -0.15) is 0 Å². The van der Waals surface area contributed by atoms with E-state index in [0.29, 0.717) is 16.4 Å². The van der Waals surface area contributed by atoms with Crippen molar-refractivity contribution in [2.75, 3.05) is 19.5 Å². The number of methoxy groups -OCH3 is 2. The third-order valence-corrected chi connectivity index (χ3v) is 7.57. The number of thiophene rings is 1. The van der Waals surface area contributed by atoms with Crippen LogP contribution < -0.4 is 10.6 Å². The van der Waals surface area contributed by atoms with Crippen molar-refractivity contribution < 1.29 is 19.1 Å². The molecule has 3 atom stereocenters. The lowest BCUT2D eigenvalue weighted by molar-refractivity contribution is -0.149. The topological polar surface area (TPSA) is 89.5 Å². The predicted octanol–water partition coefficient (Wildman–Crippen LogP) is 4.41. The Morgan fingerprint density at radius 3 is 2.48 bits per heavy atom. The molecule has 0 spiro atoms. The molecule has 33 heavy (non-hydrogen) atoms. The van der Waals surface area contributed by atoms with Crippen molar-refractivity contribution in [3.8, 4) is 10.6 Å². The van der Waals surface area contributed by atoms with E-state index in [1.165, 1.54) is 25.6 Å². The largest absolute Gasteiger partial charge is 0.469 e. The van der Waals surface area contributed by atoms with Gasteiger partial charge in [0.25, 0.3) is 0 Å². The Kier molecular flexibility index (Phi) is 6.53. The molecule has 0 amide bonds. The first-order valence-electron chi connectivity index (χ1n) is 10.4. The Labute approximate surface area is 200 Å². The fourth-order valence-electron chi connectivity index (χ4n) is 4.36. The lowest BCUT2D eigenvalue weighted by Gasteiger charge is -2.46. The first-order valence-corrected chi connectivity index (χ1v) is 12.1. The van der Waals surface area contributed by atoms with E-state index < -0.39 is 29.4 Å². The van der Waals surface area contributed by atoms with E-state index in [-0.39, 0.29) is 0 Å². The van der Waals surface area contributed by atoms with Gasteiger partial charge in [-0.05, 0) is 30.9 Å². The number of carbonyl (C=O) groups is 2. The van der Waals surface area contributed by atoms with Crippen LogP contribution in [-0.2, 0) is 24.6 Å². The number of thiazole rings is 1. The molecule has 4 rings (SSSR count). The Morgan fingerprint density at radius 2 is 1.85 bits per heavy atom. The smallest absolute Gasteiger partial charge is 0.337 e. The molecular weight excluding hydrogens is 458 g/mol. The van der Waals surface area contributed by atoms with Crippen LogP contribution in [-0.4, -0.2) is 37.2 Å². The van der Waals surface area contributed by atoms with Crippen LogP contribution in [0.1, 0.15) is 19.4 Å². The second kappa shape index (κ2) is 9.36. The number of hydrogen-bond donors (Lipinski definition) is 2. The molecule has 1 aliphatic rings. The Bertz CT molecular complexity index is 1170. The number of hydrogen-bond acceptors (Lipinski definition) is 9. The van der Waals surface area contributed by atoms with Gasteiger partial charge in [-0.15, -0.1) is 22.7 Å². The van der Waals surface area contributed by atoms with E-state index in [2.05, 4.69) is 10.6 Å². The van der Waals surface area contributed by atoms with Gasteiger partial charge >= 0.3 is 11.9 Å². The lowest BCUT2D eigenvalue weighted by atomic mass is 9.70. The zero-order chi connectivity index (χ0) is 23.6. The van der Waals surface area contributed by atoms with Crippen LogP contribution in [0, 0.1) is 5.92 Å². The number of nitrogens with zero attached hydrogens (tertiary/aromatic N) is 1. The summed E-state index contributed by atoms with van der Waals surface area (Å²) in [5, 5.41) is 11.3. The van der Waals surface area contributed by atoms with Crippen LogP contribution in [0.25, 0.3) is 10.6 Å². The SMILES string of the molecule is COC(=O)C1=C(C)NC(C)(c2ccccc2)C(C(=O)OC)C1Nc1nc(-c2cccs2)cs1. The summed E-state index contributed by atoms with van der Waals surface area (Å²) in [5.41, 5.74) is 1.86. The first-order chi connectivity index (χ1) is 15.9. The molecule has 0 bridgehead atoms. The molecule has 2 N–H and O–H groups in total. The number of carbonyl (C=O) groups excluding carboxylic acids is 2. The second-order valence-corrected chi connectivity index (χ2v) is 9.67. The van der Waals surface area contributed by atoms with Gasteiger partial charge in [0.05, 0.1) is 41.9 Å². The molecule has 2 aromatic heterocycles. The fraction of sp³-hybridized carbons (Fsp3) is 0.292. The van der Waals surface area contributed by atoms with Crippen molar-refractivity contribution in [3.63, 3.8) is 0 Å². The van der Waals surface area contributed by atoms with Crippen LogP contribution in [0.5, 0.6) is 0 Å². The van der Waals surface area contributed by atoms with E-state index >= 15 is 0 Å². The van der Waals surface area contributed by atoms with Gasteiger partial charge in [-0.3, -0.25) is 4.79 Å². The minimum Gasteiger partial charge on any atom is -0.469 e. The number of benzene rings is 1. The molecular formula is C24H25N3O4S2. The van der Waals surface area contributed by atoms with Gasteiger partial charge in [-0.25, -0.2) is 9.78 Å². The predicted molar refractivity (Wildman–Crippen MR) is 130 cm³/mol. The average molecular weight is 484 g/mol. The first kappa shape index (κ1) is 23.0. The van der Waals surface area contributed by atoms with Gasteiger partial charge in [0.2, 0.25) is 0 Å². The van der Waals surface area contributed by atoms with Gasteiger partial charge in [-0.1, -0.05) is 36.4 Å². The minimum absolute atomic E-state index is 0.342. The maximum Gasteiger partial charge on any atom is 0.337 e. The molecule has 0 saturated heterocycles. The van der Waals surface area contributed by atoms with Crippen LogP contribution >= 0.6 is 22.7 Å². The summed E-state index contributed by atoms with van der Waals surface area (Å²) in [6.07, 6.45) is 0. The molecule has 0 saturated carbocycles. The molecule has 3 unspecified atom stereocenters. The number of nitrogens with one attached hydrogen (secondary N) is 2. The van der Waals surface area contributed by atoms with Gasteiger partial charge in [0.15, 0.2) is 5.13 Å². The fourth-order valence-corrected chi connectivity index (χ4v) is 5.87. The molecule has 1 aromatic carbocycles. The lowest BCUT2D eigenvalue weighted by Crippen LogP contribution is -2.60. The summed E-state index contributed by atoms with van der Waals surface area (Å²) < 4.78 is 10.3. The van der Waals surface area contributed by atoms with E-state index in [9.17, 15) is 9.59 Å². The van der Waals surface area contributed by atoms with Gasteiger partial charge in [0, 0.05) is 11.1 Å². The quantitative estimate of drug-likeness (QED) is 0.502. The van der Waals surface area contributed by atoms with Crippen LogP contribution in [0.3, 0.4) is 0 Å². The maximum atomic E-state index is 13.2. The van der Waals surface area contributed by atoms with Crippen LogP contribution in [0.4, 0.5) is 5.13 Å². The van der Waals surface area contributed by atoms with E-state index in [1.54, 1.807) is 11.3 Å². The molecule has 1 aliphatic heterocycles. The van der Waals surface area contributed by atoms with Crippen LogP contribution in [0.15, 0.2) is 64.5 Å². The summed E-state index contributed by atoms with van der Waals surface area (Å²) in [5.74, 6) is -1.75. The Balaban J connectivity index is 1.82. The van der Waals surface area contributed by atoms with E-state index in [0.717, 1.165) is 16.1 Å². The average Bonchev–Trinajstić information content (AvgIpc) is 3.51. The van der Waals surface area contributed by atoms with E-state index in [4.69, 9.17) is 14.5 Å². The third kappa shape index (κ3) is 4.26. The highest BCUT2D eigenvalue weighted by Crippen LogP contribution is 2.42. The highest BCUT2D eigenvalue weighted by atomic mass is 32.1. The molecule has 0 radical (unpaired) electrons. The molecule has 9 heteroatoms. The molecule has 7 nitrogen and oxygen atoms in total. The Morgan fingerprint density at radius 1 is 1.09 bits per heavy atom. The van der Waals surface area contributed by atoms with Crippen molar-refractivity contribution in [1.29, 1.82) is 0 Å². The number of esters is 2. The van der Waals surface area contributed by atoms with Crippen molar-refractivity contribution in [3.05, 3.63) is 70.1 Å². The summed E-state index contributed by atoms with van der Waals surface area (Å²) in [7, 11) is 2.68. The molecule has 0 aliphatic carbocycles. The molecule has 0 fully saturated rings. The minimum atomic E-state index is -0.846. The van der Waals surface area contributed by atoms with Gasteiger partial charge < -0.3 is 20.1 Å². The monoisotopic (exact) mass is 483 g/mol. The normalized spacial score (nSPS) is 22.4. The standard InChI is InChI=1S/C24H25N3O4S2/c1-14-18(21(28)30-3)20(26-23-25-16(13-33-23)17-11-8-12-32-17)19(22(29)31-4)24(2,27-14)15-9-6-5-7-10-15/h5-13,19-20,27H,1-4H3,(H,25,26). The van der Waals surface area contributed by atoms with Crippen molar-refractivity contribution >= 4 is 39.7 Å². The van der Waals surface area contributed by atoms with Crippen molar-refractivity contribution in [2.24, 2.45) is 5.92 Å². The number of anilines is 1. The summed E-state index contributed by atoms with van der Waals surface area (Å²) >= 11 is 3.02. The zero-order valence-corrected chi connectivity index (χ0v) is 20.4. The number of ether oxygens (including phenoxy) is 2. The summed E-state index contributed by atoms with van der Waals surface area (Å²) in [4.78, 5) is 31.8. The highest BCUT2D eigenvalue weighted by Gasteiger charge is 2.52. The van der Waals surface area contributed by atoms with Crippen molar-refractivity contribution in [1.82, 2.24) is 10.3 Å². The van der Waals surface area contributed by atoms with Gasteiger partial charge in [0.1, 0.15) is 5.92 Å². The summed E-state index contributed by atoms with van der Waals surface area (Å²) in [6.45, 7) is 3.75. The Hall–Kier alpha value is -3.17. The number of allylic oxidation sites excluding steroid dienone is 1. The maximum absolute atomic E-state index is 13.2. The zero-order valence-electron chi connectivity index (χ0n) is 18.7.